The number of benzene rings is 1. The van der Waals surface area contributed by atoms with Gasteiger partial charge in [0.15, 0.2) is 8.32 Å². The Balaban J connectivity index is 3.34. The van der Waals surface area contributed by atoms with E-state index in [1.54, 1.807) is 14.2 Å². The van der Waals surface area contributed by atoms with Crippen LogP contribution in [-0.4, -0.2) is 51.9 Å². The minimum absolute atomic E-state index is 0.0224. The highest BCUT2D eigenvalue weighted by Crippen LogP contribution is 2.41. The number of rotatable bonds is 16. The quantitative estimate of drug-likeness (QED) is 0.231. The predicted octanol–water partition coefficient (Wildman–Crippen LogP) is 7.17. The summed E-state index contributed by atoms with van der Waals surface area (Å²) in [5, 5.41) is 9.54. The van der Waals surface area contributed by atoms with Gasteiger partial charge in [-0.3, -0.25) is 4.79 Å². The van der Waals surface area contributed by atoms with E-state index in [2.05, 4.69) is 61.6 Å². The van der Waals surface area contributed by atoms with Gasteiger partial charge in [0.1, 0.15) is 5.75 Å². The normalized spacial score (nSPS) is 17.6. The summed E-state index contributed by atoms with van der Waals surface area (Å²) in [6.07, 6.45) is 1.37. The number of carbonyl (C=O) groups is 1. The highest BCUT2D eigenvalue weighted by molar-refractivity contribution is 6.74. The van der Waals surface area contributed by atoms with Crippen LogP contribution in [0.2, 0.25) is 18.1 Å². The Kier molecular flexibility index (Phi) is 13.1. The van der Waals surface area contributed by atoms with Gasteiger partial charge >= 0.3 is 5.97 Å². The summed E-state index contributed by atoms with van der Waals surface area (Å²) in [6, 6.07) is 7.97. The molecule has 1 aromatic carbocycles. The lowest BCUT2D eigenvalue weighted by Crippen LogP contribution is -2.52. The van der Waals surface area contributed by atoms with Gasteiger partial charge in [0.05, 0.1) is 38.4 Å². The molecule has 36 heavy (non-hydrogen) atoms. The summed E-state index contributed by atoms with van der Waals surface area (Å²) in [5.74, 6) is 0.209. The van der Waals surface area contributed by atoms with Crippen LogP contribution < -0.4 is 4.74 Å². The maximum absolute atomic E-state index is 11.6. The number of hydrogen-bond acceptors (Lipinski definition) is 5. The molecule has 208 valence electrons. The first-order chi connectivity index (χ1) is 16.7. The highest BCUT2D eigenvalue weighted by Gasteiger charge is 2.45. The maximum atomic E-state index is 11.6. The second kappa shape index (κ2) is 14.5. The van der Waals surface area contributed by atoms with Crippen LogP contribution in [0, 0.1) is 17.8 Å². The van der Waals surface area contributed by atoms with Crippen molar-refractivity contribution in [3.05, 3.63) is 29.8 Å². The molecule has 0 saturated heterocycles. The number of methoxy groups -OCH3 is 2. The first-order valence-electron chi connectivity index (χ1n) is 13.3. The van der Waals surface area contributed by atoms with E-state index < -0.39 is 20.4 Å². The van der Waals surface area contributed by atoms with Gasteiger partial charge in [-0.1, -0.05) is 67.0 Å². The third kappa shape index (κ3) is 9.47. The summed E-state index contributed by atoms with van der Waals surface area (Å²) in [7, 11) is 1.10. The molecule has 0 saturated carbocycles. The number of carboxylic acid groups (broad SMARTS) is 1. The third-order valence-corrected chi connectivity index (χ3v) is 12.4. The Bertz CT molecular complexity index is 773. The lowest BCUT2D eigenvalue weighted by Gasteiger charge is -2.46. The largest absolute Gasteiger partial charge is 0.497 e. The zero-order valence-electron chi connectivity index (χ0n) is 24.6. The Labute approximate surface area is 221 Å². The molecule has 0 aromatic heterocycles. The van der Waals surface area contributed by atoms with Crippen molar-refractivity contribution in [1.82, 2.24) is 0 Å². The van der Waals surface area contributed by atoms with Crippen molar-refractivity contribution in [2.75, 3.05) is 14.2 Å². The number of ether oxygens (including phenoxy) is 3. The van der Waals surface area contributed by atoms with Crippen molar-refractivity contribution in [1.29, 1.82) is 0 Å². The molecule has 6 atom stereocenters. The molecule has 7 heteroatoms. The Morgan fingerprint density at radius 2 is 1.58 bits per heavy atom. The molecule has 0 unspecified atom stereocenters. The van der Waals surface area contributed by atoms with Crippen LogP contribution in [0.5, 0.6) is 5.75 Å². The summed E-state index contributed by atoms with van der Waals surface area (Å²) < 4.78 is 24.7. The van der Waals surface area contributed by atoms with Crippen molar-refractivity contribution in [2.24, 2.45) is 17.8 Å². The van der Waals surface area contributed by atoms with Crippen molar-refractivity contribution in [2.45, 2.75) is 111 Å². The lowest BCUT2D eigenvalue weighted by atomic mass is 9.80. The molecule has 0 radical (unpaired) electrons. The van der Waals surface area contributed by atoms with Crippen molar-refractivity contribution < 1.29 is 28.5 Å². The fourth-order valence-corrected chi connectivity index (χ4v) is 6.10. The van der Waals surface area contributed by atoms with Gasteiger partial charge in [-0.15, -0.1) is 0 Å². The van der Waals surface area contributed by atoms with Crippen LogP contribution in [0.4, 0.5) is 0 Å². The van der Waals surface area contributed by atoms with Gasteiger partial charge in [0, 0.05) is 18.9 Å². The number of aliphatic carboxylic acids is 1. The lowest BCUT2D eigenvalue weighted by molar-refractivity contribution is -0.142. The molecular formula is C29H52O6Si. The van der Waals surface area contributed by atoms with Crippen LogP contribution in [0.15, 0.2) is 24.3 Å². The Hall–Kier alpha value is -1.41. The average Bonchev–Trinajstić information content (AvgIpc) is 2.80. The van der Waals surface area contributed by atoms with Crippen LogP contribution in [0.1, 0.15) is 73.3 Å². The van der Waals surface area contributed by atoms with Gasteiger partial charge in [-0.05, 0) is 48.2 Å². The highest BCUT2D eigenvalue weighted by atomic mass is 28.4. The van der Waals surface area contributed by atoms with Crippen LogP contribution in [-0.2, 0) is 25.3 Å². The minimum atomic E-state index is -2.16. The first-order valence-corrected chi connectivity index (χ1v) is 16.3. The molecule has 1 rings (SSSR count). The molecule has 0 spiro atoms. The number of carboxylic acids is 1. The third-order valence-electron chi connectivity index (χ3n) is 7.96. The second-order valence-electron chi connectivity index (χ2n) is 11.8. The van der Waals surface area contributed by atoms with E-state index in [9.17, 15) is 9.90 Å². The molecule has 0 amide bonds. The molecule has 0 aliphatic carbocycles. The molecule has 0 fully saturated rings. The number of hydrogen-bond donors (Lipinski definition) is 1. The Morgan fingerprint density at radius 1 is 1.00 bits per heavy atom. The topological polar surface area (TPSA) is 74.2 Å². The average molecular weight is 525 g/mol. The van der Waals surface area contributed by atoms with E-state index in [1.807, 2.05) is 24.3 Å². The second-order valence-corrected chi connectivity index (χ2v) is 16.6. The first kappa shape index (κ1) is 32.6. The van der Waals surface area contributed by atoms with E-state index in [1.165, 1.54) is 0 Å². The molecule has 0 aliphatic heterocycles. The zero-order valence-corrected chi connectivity index (χ0v) is 25.6. The van der Waals surface area contributed by atoms with Crippen molar-refractivity contribution in [3.63, 3.8) is 0 Å². The van der Waals surface area contributed by atoms with E-state index >= 15 is 0 Å². The smallest absolute Gasteiger partial charge is 0.305 e. The predicted molar refractivity (Wildman–Crippen MR) is 149 cm³/mol. The summed E-state index contributed by atoms with van der Waals surface area (Å²) in [4.78, 5) is 11.6. The zero-order chi connectivity index (χ0) is 27.7. The molecule has 6 nitrogen and oxygen atoms in total. The van der Waals surface area contributed by atoms with Gasteiger partial charge in [-0.25, -0.2) is 0 Å². The summed E-state index contributed by atoms with van der Waals surface area (Å²) >= 11 is 0. The van der Waals surface area contributed by atoms with Gasteiger partial charge in [-0.2, -0.15) is 0 Å². The van der Waals surface area contributed by atoms with Crippen LogP contribution in [0.25, 0.3) is 0 Å². The minimum Gasteiger partial charge on any atom is -0.497 e. The van der Waals surface area contributed by atoms with E-state index in [0.29, 0.717) is 12.5 Å². The van der Waals surface area contributed by atoms with Crippen LogP contribution >= 0.6 is 0 Å². The molecule has 0 aliphatic rings. The fourth-order valence-electron chi connectivity index (χ4n) is 4.63. The standard InChI is InChI=1S/C29H52O6Si/c1-12-13-20(2)27(34-19-23-14-16-24(32-8)17-15-23)22(4)28(35-36(10,11)29(5,6)7)21(3)25(33-9)18-26(30)31/h14-17,20-22,25,27-28H,12-13,18-19H2,1-11H3,(H,30,31)/t20-,21+,22+,25+,27+,28+/m1/s1. The fraction of sp³-hybridized carbons (Fsp3) is 0.759. The Morgan fingerprint density at radius 3 is 2.03 bits per heavy atom. The van der Waals surface area contributed by atoms with Crippen molar-refractivity contribution >= 4 is 14.3 Å². The van der Waals surface area contributed by atoms with Gasteiger partial charge in [0.2, 0.25) is 0 Å². The van der Waals surface area contributed by atoms with Gasteiger partial charge < -0.3 is 23.7 Å². The SMILES string of the molecule is CCC[C@@H](C)[C@H](OCc1ccc(OC)cc1)[C@H](C)[C@@H](O[Si](C)(C)C(C)(C)C)[C@@H](C)[C@H](CC(=O)O)OC. The van der Waals surface area contributed by atoms with Crippen LogP contribution in [0.3, 0.4) is 0 Å². The molecule has 1 aromatic rings. The van der Waals surface area contributed by atoms with Crippen molar-refractivity contribution in [3.8, 4) is 5.75 Å². The van der Waals surface area contributed by atoms with E-state index in [0.717, 1.165) is 24.2 Å². The molecule has 1 N–H and O–H groups in total. The maximum Gasteiger partial charge on any atom is 0.305 e. The van der Waals surface area contributed by atoms with E-state index in [-0.39, 0.29) is 35.5 Å². The van der Waals surface area contributed by atoms with E-state index in [4.69, 9.17) is 18.6 Å². The molecule has 0 heterocycles. The monoisotopic (exact) mass is 524 g/mol. The molecular weight excluding hydrogens is 472 g/mol. The summed E-state index contributed by atoms with van der Waals surface area (Å²) in [5.41, 5.74) is 1.09. The van der Waals surface area contributed by atoms with Gasteiger partial charge in [0.25, 0.3) is 0 Å². The molecule has 0 bridgehead atoms. The summed E-state index contributed by atoms with van der Waals surface area (Å²) in [6.45, 7) is 20.4.